The quantitative estimate of drug-likeness (QED) is 0.712. The maximum atomic E-state index is 11.6. The van der Waals surface area contributed by atoms with Gasteiger partial charge in [0.05, 0.1) is 0 Å². The van der Waals surface area contributed by atoms with Crippen molar-refractivity contribution in [1.29, 1.82) is 0 Å². The van der Waals surface area contributed by atoms with Gasteiger partial charge in [-0.25, -0.2) is 0 Å². The van der Waals surface area contributed by atoms with E-state index in [0.717, 1.165) is 11.3 Å². The zero-order valence-corrected chi connectivity index (χ0v) is 9.37. The fourth-order valence-electron chi connectivity index (χ4n) is 1.70. The molecule has 3 nitrogen and oxygen atoms in total. The highest BCUT2D eigenvalue weighted by atomic mass is 32.1. The Bertz CT molecular complexity index is 406. The molecule has 0 bridgehead atoms. The lowest BCUT2D eigenvalue weighted by atomic mass is 10.2. The zero-order chi connectivity index (χ0) is 11.0. The van der Waals surface area contributed by atoms with Gasteiger partial charge < -0.3 is 10.0 Å². The van der Waals surface area contributed by atoms with E-state index in [1.165, 1.54) is 0 Å². The normalized spacial score (nSPS) is 21.1. The molecule has 0 spiro atoms. The molecule has 15 heavy (non-hydrogen) atoms. The Morgan fingerprint density at radius 2 is 2.27 bits per heavy atom. The molecule has 0 radical (unpaired) electrons. The molecule has 1 atom stereocenters. The lowest BCUT2D eigenvalue weighted by Gasteiger charge is -2.16. The summed E-state index contributed by atoms with van der Waals surface area (Å²) >= 11 is 4.28. The molecule has 1 aromatic carbocycles. The van der Waals surface area contributed by atoms with Crippen LogP contribution in [0.4, 0.5) is 5.69 Å². The van der Waals surface area contributed by atoms with E-state index in [1.54, 1.807) is 11.0 Å². The first kappa shape index (κ1) is 10.4. The van der Waals surface area contributed by atoms with E-state index in [-0.39, 0.29) is 16.9 Å². The zero-order valence-electron chi connectivity index (χ0n) is 8.47. The summed E-state index contributed by atoms with van der Waals surface area (Å²) in [6, 6.07) is 5.28. The van der Waals surface area contributed by atoms with Crippen molar-refractivity contribution in [2.75, 3.05) is 11.4 Å². The van der Waals surface area contributed by atoms with Crippen molar-refractivity contribution in [3.63, 3.8) is 0 Å². The lowest BCUT2D eigenvalue weighted by molar-refractivity contribution is -0.117. The molecular weight excluding hydrogens is 210 g/mol. The largest absolute Gasteiger partial charge is 0.508 e. The molecule has 0 aliphatic carbocycles. The number of amides is 1. The molecule has 0 saturated carbocycles. The Morgan fingerprint density at radius 3 is 2.80 bits per heavy atom. The minimum Gasteiger partial charge on any atom is -0.508 e. The summed E-state index contributed by atoms with van der Waals surface area (Å²) in [5, 5.41) is 9.65. The smallest absolute Gasteiger partial charge is 0.228 e. The molecule has 4 heteroatoms. The van der Waals surface area contributed by atoms with E-state index < -0.39 is 0 Å². The average Bonchev–Trinajstić information content (AvgIpc) is 2.50. The topological polar surface area (TPSA) is 40.5 Å². The molecular formula is C11H13NO2S. The molecule has 0 aromatic heterocycles. The van der Waals surface area contributed by atoms with E-state index in [0.29, 0.717) is 13.0 Å². The maximum Gasteiger partial charge on any atom is 0.228 e. The molecule has 2 rings (SSSR count). The van der Waals surface area contributed by atoms with Crippen LogP contribution in [0.2, 0.25) is 0 Å². The first-order valence-electron chi connectivity index (χ1n) is 4.86. The van der Waals surface area contributed by atoms with E-state index in [1.807, 2.05) is 19.1 Å². The monoisotopic (exact) mass is 223 g/mol. The van der Waals surface area contributed by atoms with E-state index >= 15 is 0 Å². The number of rotatable bonds is 1. The van der Waals surface area contributed by atoms with Gasteiger partial charge in [-0.05, 0) is 18.6 Å². The van der Waals surface area contributed by atoms with Gasteiger partial charge in [0.1, 0.15) is 5.75 Å². The molecule has 80 valence electrons. The fraction of sp³-hybridized carbons (Fsp3) is 0.364. The van der Waals surface area contributed by atoms with Gasteiger partial charge in [0, 0.05) is 30.0 Å². The van der Waals surface area contributed by atoms with Crippen molar-refractivity contribution in [1.82, 2.24) is 0 Å². The number of carbonyl (C=O) groups is 1. The Labute approximate surface area is 94.1 Å². The van der Waals surface area contributed by atoms with Crippen LogP contribution < -0.4 is 4.90 Å². The van der Waals surface area contributed by atoms with Crippen molar-refractivity contribution in [3.05, 3.63) is 23.8 Å². The van der Waals surface area contributed by atoms with Crippen molar-refractivity contribution in [2.45, 2.75) is 18.6 Å². The van der Waals surface area contributed by atoms with Gasteiger partial charge in [-0.2, -0.15) is 12.6 Å². The molecule has 1 aliphatic rings. The number of nitrogens with zero attached hydrogens (tertiary/aromatic N) is 1. The number of hydrogen-bond donors (Lipinski definition) is 2. The van der Waals surface area contributed by atoms with Crippen molar-refractivity contribution < 1.29 is 9.90 Å². The second kappa shape index (κ2) is 3.77. The van der Waals surface area contributed by atoms with Crippen LogP contribution in [0.1, 0.15) is 12.0 Å². The first-order valence-corrected chi connectivity index (χ1v) is 5.37. The number of thiol groups is 1. The Hall–Kier alpha value is -1.16. The summed E-state index contributed by atoms with van der Waals surface area (Å²) in [5.41, 5.74) is 1.56. The molecule has 1 heterocycles. The van der Waals surface area contributed by atoms with Crippen LogP contribution in [0, 0.1) is 6.92 Å². The van der Waals surface area contributed by atoms with Crippen LogP contribution >= 0.6 is 12.6 Å². The van der Waals surface area contributed by atoms with Crippen LogP contribution in [0.15, 0.2) is 18.2 Å². The van der Waals surface area contributed by atoms with Crippen LogP contribution in [-0.2, 0) is 4.79 Å². The van der Waals surface area contributed by atoms with E-state index in [4.69, 9.17) is 0 Å². The molecule has 1 N–H and O–H groups in total. The first-order chi connectivity index (χ1) is 7.08. The van der Waals surface area contributed by atoms with Crippen molar-refractivity contribution in [3.8, 4) is 5.75 Å². The highest BCUT2D eigenvalue weighted by Crippen LogP contribution is 2.28. The number of anilines is 1. The van der Waals surface area contributed by atoms with Gasteiger partial charge in [-0.1, -0.05) is 6.07 Å². The summed E-state index contributed by atoms with van der Waals surface area (Å²) in [6.45, 7) is 2.44. The molecule has 1 aromatic rings. The molecule has 1 saturated heterocycles. The van der Waals surface area contributed by atoms with E-state index in [2.05, 4.69) is 12.6 Å². The maximum absolute atomic E-state index is 11.6. The minimum absolute atomic E-state index is 0.0678. The van der Waals surface area contributed by atoms with Gasteiger partial charge in [0.2, 0.25) is 5.91 Å². The summed E-state index contributed by atoms with van der Waals surface area (Å²) < 4.78 is 0. The second-order valence-electron chi connectivity index (χ2n) is 3.83. The number of phenols is 1. The third-order valence-corrected chi connectivity index (χ3v) is 2.95. The predicted octanol–water partition coefficient (Wildman–Crippen LogP) is 1.74. The van der Waals surface area contributed by atoms with Gasteiger partial charge in [0.15, 0.2) is 0 Å². The lowest BCUT2D eigenvalue weighted by Crippen LogP contribution is -2.24. The Morgan fingerprint density at radius 1 is 1.53 bits per heavy atom. The minimum atomic E-state index is 0.0678. The number of hydrogen-bond acceptors (Lipinski definition) is 3. The van der Waals surface area contributed by atoms with Crippen molar-refractivity contribution >= 4 is 24.2 Å². The molecule has 1 fully saturated rings. The number of benzene rings is 1. The van der Waals surface area contributed by atoms with Gasteiger partial charge in [-0.15, -0.1) is 0 Å². The number of phenolic OH excluding ortho intramolecular Hbond substituents is 1. The summed E-state index contributed by atoms with van der Waals surface area (Å²) in [6.07, 6.45) is 0.470. The molecule has 1 unspecified atom stereocenters. The van der Waals surface area contributed by atoms with Crippen LogP contribution in [-0.4, -0.2) is 22.8 Å². The summed E-state index contributed by atoms with van der Waals surface area (Å²) in [7, 11) is 0. The SMILES string of the molecule is Cc1ccc(N2CC(S)CC2=O)cc1O. The third kappa shape index (κ3) is 1.95. The number of carbonyl (C=O) groups excluding carboxylic acids is 1. The van der Waals surface area contributed by atoms with Crippen molar-refractivity contribution in [2.24, 2.45) is 0 Å². The van der Waals surface area contributed by atoms with Crippen LogP contribution in [0.25, 0.3) is 0 Å². The van der Waals surface area contributed by atoms with Crippen LogP contribution in [0.5, 0.6) is 5.75 Å². The summed E-state index contributed by atoms with van der Waals surface area (Å²) in [5.74, 6) is 0.293. The molecule has 1 amide bonds. The van der Waals surface area contributed by atoms with Crippen LogP contribution in [0.3, 0.4) is 0 Å². The average molecular weight is 223 g/mol. The fourth-order valence-corrected chi connectivity index (χ4v) is 2.02. The second-order valence-corrected chi connectivity index (χ2v) is 4.56. The molecule has 1 aliphatic heterocycles. The highest BCUT2D eigenvalue weighted by Gasteiger charge is 2.28. The number of aromatic hydroxyl groups is 1. The predicted molar refractivity (Wildman–Crippen MR) is 62.6 cm³/mol. The highest BCUT2D eigenvalue weighted by molar-refractivity contribution is 7.81. The standard InChI is InChI=1S/C11H13NO2S/c1-7-2-3-8(4-10(7)13)12-6-9(15)5-11(12)14/h2-4,9,13,15H,5-6H2,1H3. The van der Waals surface area contributed by atoms with Gasteiger partial charge in [0.25, 0.3) is 0 Å². The summed E-state index contributed by atoms with van der Waals surface area (Å²) in [4.78, 5) is 13.2. The Kier molecular flexibility index (Phi) is 2.61. The Balaban J connectivity index is 2.30. The van der Waals surface area contributed by atoms with E-state index in [9.17, 15) is 9.90 Å². The third-order valence-electron chi connectivity index (χ3n) is 2.61. The van der Waals surface area contributed by atoms with Gasteiger partial charge >= 0.3 is 0 Å². The van der Waals surface area contributed by atoms with Gasteiger partial charge in [-0.3, -0.25) is 4.79 Å². The number of aryl methyl sites for hydroxylation is 1.